The van der Waals surface area contributed by atoms with E-state index >= 15 is 0 Å². The molecule has 0 spiro atoms. The molecule has 0 fully saturated rings. The van der Waals surface area contributed by atoms with Crippen LogP contribution in [0.15, 0.2) is 0 Å². The maximum Gasteiger partial charge on any atom is 0.218 e. The highest BCUT2D eigenvalue weighted by atomic mass is 32.2. The van der Waals surface area contributed by atoms with E-state index in [-0.39, 0.29) is 12.6 Å². The Kier molecular flexibility index (Phi) is 5.63. The first-order chi connectivity index (χ1) is 6.41. The molecule has 1 unspecified atom stereocenters. The minimum Gasteiger partial charge on any atom is -0.395 e. The molecule has 86 valence electrons. The van der Waals surface area contributed by atoms with Crippen molar-refractivity contribution in [1.29, 1.82) is 0 Å². The van der Waals surface area contributed by atoms with E-state index < -0.39 is 15.3 Å². The highest BCUT2D eigenvalue weighted by Gasteiger charge is 2.28. The van der Waals surface area contributed by atoms with Gasteiger partial charge in [0.1, 0.15) is 0 Å². The Morgan fingerprint density at radius 3 is 2.00 bits per heavy atom. The Morgan fingerprint density at radius 1 is 1.29 bits per heavy atom. The second-order valence-electron chi connectivity index (χ2n) is 3.52. The molecule has 0 saturated carbocycles. The van der Waals surface area contributed by atoms with E-state index in [2.05, 4.69) is 0 Å². The van der Waals surface area contributed by atoms with Crippen LogP contribution in [-0.2, 0) is 10.0 Å². The molecule has 0 saturated heterocycles. The molecule has 1 N–H and O–H groups in total. The first-order valence-corrected chi connectivity index (χ1v) is 6.49. The van der Waals surface area contributed by atoms with Gasteiger partial charge in [0.25, 0.3) is 0 Å². The first-order valence-electron chi connectivity index (χ1n) is 4.99. The van der Waals surface area contributed by atoms with Gasteiger partial charge in [0.15, 0.2) is 0 Å². The van der Waals surface area contributed by atoms with Crippen molar-refractivity contribution < 1.29 is 13.5 Å². The van der Waals surface area contributed by atoms with Crippen LogP contribution >= 0.6 is 0 Å². The van der Waals surface area contributed by atoms with E-state index in [4.69, 9.17) is 5.11 Å². The summed E-state index contributed by atoms with van der Waals surface area (Å²) >= 11 is 0. The molecule has 0 bridgehead atoms. The third-order valence-electron chi connectivity index (χ3n) is 2.62. The molecule has 4 nitrogen and oxygen atoms in total. The van der Waals surface area contributed by atoms with Gasteiger partial charge in [-0.2, -0.15) is 0 Å². The van der Waals surface area contributed by atoms with Crippen LogP contribution in [0.3, 0.4) is 0 Å². The van der Waals surface area contributed by atoms with Gasteiger partial charge in [-0.05, 0) is 19.8 Å². The molecule has 0 heterocycles. The van der Waals surface area contributed by atoms with Gasteiger partial charge in [0.05, 0.1) is 11.9 Å². The fraction of sp³-hybridized carbons (Fsp3) is 1.00. The molecule has 0 aliphatic rings. The second-order valence-corrected chi connectivity index (χ2v) is 5.94. The SMILES string of the molecule is CCC(CC)N(C)S(=O)(=O)C(C)CO. The lowest BCUT2D eigenvalue weighted by atomic mass is 10.2. The van der Waals surface area contributed by atoms with Crippen LogP contribution in [0, 0.1) is 0 Å². The van der Waals surface area contributed by atoms with Crippen molar-refractivity contribution >= 4 is 10.0 Å². The minimum absolute atomic E-state index is 0.0361. The number of aliphatic hydroxyl groups excluding tert-OH is 1. The zero-order valence-corrected chi connectivity index (χ0v) is 10.2. The van der Waals surface area contributed by atoms with E-state index in [1.807, 2.05) is 13.8 Å². The summed E-state index contributed by atoms with van der Waals surface area (Å²) in [6.07, 6.45) is 1.59. The van der Waals surface area contributed by atoms with Crippen molar-refractivity contribution in [1.82, 2.24) is 4.31 Å². The fourth-order valence-electron chi connectivity index (χ4n) is 1.39. The zero-order valence-electron chi connectivity index (χ0n) is 9.40. The van der Waals surface area contributed by atoms with Crippen molar-refractivity contribution in [3.8, 4) is 0 Å². The fourth-order valence-corrected chi connectivity index (χ4v) is 2.86. The number of nitrogens with zero attached hydrogens (tertiary/aromatic N) is 1. The molecule has 0 aliphatic heterocycles. The standard InChI is InChI=1S/C9H21NO3S/c1-5-9(6-2)10(4)14(12,13)8(3)7-11/h8-9,11H,5-7H2,1-4H3. The topological polar surface area (TPSA) is 57.6 Å². The van der Waals surface area contributed by atoms with Gasteiger partial charge in [0.2, 0.25) is 10.0 Å². The van der Waals surface area contributed by atoms with E-state index in [0.717, 1.165) is 12.8 Å². The lowest BCUT2D eigenvalue weighted by molar-refractivity contribution is 0.283. The quantitative estimate of drug-likeness (QED) is 0.725. The monoisotopic (exact) mass is 223 g/mol. The van der Waals surface area contributed by atoms with Gasteiger partial charge in [-0.1, -0.05) is 13.8 Å². The average Bonchev–Trinajstić information content (AvgIpc) is 2.18. The summed E-state index contributed by atoms with van der Waals surface area (Å²) in [5, 5.41) is 8.13. The van der Waals surface area contributed by atoms with Gasteiger partial charge < -0.3 is 5.11 Å². The van der Waals surface area contributed by atoms with Crippen LogP contribution in [0.25, 0.3) is 0 Å². The highest BCUT2D eigenvalue weighted by Crippen LogP contribution is 2.14. The van der Waals surface area contributed by atoms with Crippen molar-refractivity contribution in [3.63, 3.8) is 0 Å². The van der Waals surface area contributed by atoms with Crippen LogP contribution in [0.1, 0.15) is 33.6 Å². The molecule has 14 heavy (non-hydrogen) atoms. The summed E-state index contributed by atoms with van der Waals surface area (Å²) in [7, 11) is -1.75. The highest BCUT2D eigenvalue weighted by molar-refractivity contribution is 7.89. The molecule has 0 rings (SSSR count). The van der Waals surface area contributed by atoms with E-state index in [9.17, 15) is 8.42 Å². The van der Waals surface area contributed by atoms with E-state index in [1.54, 1.807) is 7.05 Å². The molecule has 5 heteroatoms. The van der Waals surface area contributed by atoms with Crippen LogP contribution in [0.4, 0.5) is 0 Å². The Bertz CT molecular complexity index is 247. The summed E-state index contributed by atoms with van der Waals surface area (Å²) in [5.41, 5.74) is 0. The summed E-state index contributed by atoms with van der Waals surface area (Å²) in [4.78, 5) is 0. The van der Waals surface area contributed by atoms with Gasteiger partial charge in [-0.15, -0.1) is 0 Å². The maximum absolute atomic E-state index is 11.8. The van der Waals surface area contributed by atoms with Crippen LogP contribution in [0.2, 0.25) is 0 Å². The maximum atomic E-state index is 11.8. The molecular formula is C9H21NO3S. The smallest absolute Gasteiger partial charge is 0.218 e. The Hall–Kier alpha value is -0.130. The zero-order chi connectivity index (χ0) is 11.4. The van der Waals surface area contributed by atoms with Gasteiger partial charge in [-0.25, -0.2) is 12.7 Å². The minimum atomic E-state index is -3.33. The molecule has 0 aromatic heterocycles. The molecule has 0 aromatic carbocycles. The Balaban J connectivity index is 4.73. The lowest BCUT2D eigenvalue weighted by Gasteiger charge is -2.27. The molecular weight excluding hydrogens is 202 g/mol. The Labute approximate surface area is 87.0 Å². The van der Waals surface area contributed by atoms with E-state index in [0.29, 0.717) is 0 Å². The summed E-state index contributed by atoms with van der Waals surface area (Å²) in [5.74, 6) is 0. The van der Waals surface area contributed by atoms with Gasteiger partial charge >= 0.3 is 0 Å². The third-order valence-corrected chi connectivity index (χ3v) is 4.89. The number of hydrogen-bond donors (Lipinski definition) is 1. The van der Waals surface area contributed by atoms with Gasteiger partial charge in [0, 0.05) is 13.1 Å². The van der Waals surface area contributed by atoms with E-state index in [1.165, 1.54) is 11.2 Å². The first kappa shape index (κ1) is 13.9. The molecule has 0 amide bonds. The summed E-state index contributed by atoms with van der Waals surface area (Å²) < 4.78 is 25.0. The molecule has 0 aromatic rings. The van der Waals surface area contributed by atoms with Crippen LogP contribution in [0.5, 0.6) is 0 Å². The van der Waals surface area contributed by atoms with Crippen molar-refractivity contribution in [2.75, 3.05) is 13.7 Å². The van der Waals surface area contributed by atoms with Gasteiger partial charge in [-0.3, -0.25) is 0 Å². The predicted octanol–water partition coefficient (Wildman–Crippen LogP) is 0.817. The number of aliphatic hydroxyl groups is 1. The lowest BCUT2D eigenvalue weighted by Crippen LogP contribution is -2.42. The van der Waals surface area contributed by atoms with Crippen molar-refractivity contribution in [2.45, 2.75) is 44.9 Å². The van der Waals surface area contributed by atoms with Crippen LogP contribution < -0.4 is 0 Å². The normalized spacial score (nSPS) is 15.1. The Morgan fingerprint density at radius 2 is 1.71 bits per heavy atom. The van der Waals surface area contributed by atoms with Crippen LogP contribution in [-0.4, -0.2) is 42.8 Å². The third kappa shape index (κ3) is 2.93. The number of rotatable bonds is 6. The molecule has 0 aliphatic carbocycles. The largest absolute Gasteiger partial charge is 0.395 e. The second kappa shape index (κ2) is 5.68. The summed E-state index contributed by atoms with van der Waals surface area (Å²) in [6, 6.07) is 0.0361. The molecule has 0 radical (unpaired) electrons. The summed E-state index contributed by atoms with van der Waals surface area (Å²) in [6.45, 7) is 5.12. The number of hydrogen-bond acceptors (Lipinski definition) is 3. The predicted molar refractivity (Wildman–Crippen MR) is 57.6 cm³/mol. The van der Waals surface area contributed by atoms with Crippen molar-refractivity contribution in [2.24, 2.45) is 0 Å². The molecule has 1 atom stereocenters. The van der Waals surface area contributed by atoms with Crippen molar-refractivity contribution in [3.05, 3.63) is 0 Å². The average molecular weight is 223 g/mol. The number of sulfonamides is 1.